The smallest absolute Gasteiger partial charge is 0.136 e. The van der Waals surface area contributed by atoms with Gasteiger partial charge in [-0.05, 0) is 82.0 Å². The van der Waals surface area contributed by atoms with E-state index in [4.69, 9.17) is 4.42 Å². The molecule has 0 spiro atoms. The second-order valence-corrected chi connectivity index (χ2v) is 13.4. The Kier molecular flexibility index (Phi) is 8.96. The topological polar surface area (TPSA) is 51.0 Å². The Bertz CT molecular complexity index is 2410. The molecule has 5 heteroatoms. The maximum atomic E-state index is 6.29. The molecule has 0 unspecified atom stereocenters. The van der Waals surface area contributed by atoms with Gasteiger partial charge in [0.2, 0.25) is 0 Å². The van der Waals surface area contributed by atoms with Gasteiger partial charge < -0.3 is 19.7 Å². The van der Waals surface area contributed by atoms with E-state index in [2.05, 4.69) is 104 Å². The van der Waals surface area contributed by atoms with Crippen LogP contribution in [-0.4, -0.2) is 9.97 Å². The van der Waals surface area contributed by atoms with E-state index in [9.17, 15) is 0 Å². The Morgan fingerprint density at radius 3 is 1.92 bits per heavy atom. The molecule has 3 aromatic heterocycles. The molecule has 8 aromatic rings. The molecule has 0 atom stereocenters. The number of fused-ring (bicyclic) bond motifs is 9. The molecule has 1 radical (unpaired) electrons. The van der Waals surface area contributed by atoms with Gasteiger partial charge in [0.1, 0.15) is 11.2 Å². The number of anilines is 2. The molecular formula is C45H35IrN3O-2. The number of hydrogen-bond acceptors (Lipinski definition) is 4. The third-order valence-electron chi connectivity index (χ3n) is 9.18. The van der Waals surface area contributed by atoms with Crippen LogP contribution in [0.3, 0.4) is 0 Å². The molecule has 0 saturated heterocycles. The van der Waals surface area contributed by atoms with Crippen molar-refractivity contribution >= 4 is 33.3 Å². The number of benzene rings is 5. The van der Waals surface area contributed by atoms with Gasteiger partial charge in [-0.2, -0.15) is 0 Å². The van der Waals surface area contributed by atoms with Crippen LogP contribution in [0.4, 0.5) is 11.4 Å². The van der Waals surface area contributed by atoms with Crippen LogP contribution in [0.5, 0.6) is 0 Å². The van der Waals surface area contributed by atoms with Crippen LogP contribution in [0.2, 0.25) is 0 Å². The first kappa shape index (κ1) is 33.2. The Labute approximate surface area is 306 Å². The molecule has 0 amide bonds. The average molecular weight is 826 g/mol. The minimum absolute atomic E-state index is 0. The summed E-state index contributed by atoms with van der Waals surface area (Å²) in [4.78, 5) is 8.80. The van der Waals surface area contributed by atoms with Crippen molar-refractivity contribution in [1.82, 2.24) is 9.97 Å². The van der Waals surface area contributed by atoms with Crippen molar-refractivity contribution in [3.05, 3.63) is 157 Å². The molecular weight excluding hydrogens is 791 g/mol. The molecule has 1 aliphatic heterocycles. The molecule has 0 fully saturated rings. The fourth-order valence-corrected chi connectivity index (χ4v) is 6.51. The van der Waals surface area contributed by atoms with Gasteiger partial charge in [-0.25, -0.2) is 0 Å². The predicted octanol–water partition coefficient (Wildman–Crippen LogP) is 12.0. The summed E-state index contributed by atoms with van der Waals surface area (Å²) in [6.07, 6.45) is 3.62. The fourth-order valence-electron chi connectivity index (χ4n) is 6.51. The van der Waals surface area contributed by atoms with Crippen molar-refractivity contribution in [3.8, 4) is 44.8 Å². The van der Waals surface area contributed by atoms with Gasteiger partial charge in [0.25, 0.3) is 0 Å². The van der Waals surface area contributed by atoms with Gasteiger partial charge in [0.05, 0.1) is 0 Å². The third-order valence-corrected chi connectivity index (χ3v) is 9.18. The first-order valence-corrected chi connectivity index (χ1v) is 16.6. The summed E-state index contributed by atoms with van der Waals surface area (Å²) in [6.45, 7) is 9.06. The van der Waals surface area contributed by atoms with Gasteiger partial charge >= 0.3 is 0 Å². The fraction of sp³-hybridized carbons (Fsp3) is 0.111. The number of hydrogen-bond donors (Lipinski definition) is 1. The third kappa shape index (κ3) is 6.27. The number of para-hydroxylation sites is 1. The van der Waals surface area contributed by atoms with Gasteiger partial charge in [0.15, 0.2) is 0 Å². The first-order chi connectivity index (χ1) is 23.8. The second-order valence-electron chi connectivity index (χ2n) is 13.4. The van der Waals surface area contributed by atoms with E-state index in [0.29, 0.717) is 0 Å². The number of nitrogens with zero attached hydrogens (tertiary/aromatic N) is 2. The summed E-state index contributed by atoms with van der Waals surface area (Å²) in [6, 6.07) is 48.0. The van der Waals surface area contributed by atoms with Crippen molar-refractivity contribution in [2.24, 2.45) is 0 Å². The van der Waals surface area contributed by atoms with Crippen LogP contribution in [0.1, 0.15) is 31.9 Å². The van der Waals surface area contributed by atoms with Crippen molar-refractivity contribution in [3.63, 3.8) is 0 Å². The molecule has 1 N–H and O–H groups in total. The Morgan fingerprint density at radius 1 is 0.600 bits per heavy atom. The van der Waals surface area contributed by atoms with E-state index >= 15 is 0 Å². The quantitative estimate of drug-likeness (QED) is 0.176. The minimum atomic E-state index is -0.00165. The number of furan rings is 1. The summed E-state index contributed by atoms with van der Waals surface area (Å²) in [7, 11) is 0. The standard InChI is InChI=1S/C34H27N2O.C11H8N.Ir/c1-20-24-16-22(34(2,3)4)17-25(20)27-19-33-28(23-9-5-6-11-32(23)37-33)18-31(27)36-30-13-12-21(15-26(24)30)29-10-7-8-14-35-29;1-2-6-10(7-3-1)11-8-4-5-9-12-11;/h5-11,13-19,36H,1-4H3;1-6,8-9H;/q2*-1;. The Balaban J connectivity index is 0.000000255. The van der Waals surface area contributed by atoms with Crippen molar-refractivity contribution in [2.75, 3.05) is 5.32 Å². The summed E-state index contributed by atoms with van der Waals surface area (Å²) in [5.74, 6) is 0. The zero-order chi connectivity index (χ0) is 33.5. The maximum absolute atomic E-state index is 6.29. The van der Waals surface area contributed by atoms with E-state index in [1.54, 1.807) is 6.20 Å². The second kappa shape index (κ2) is 13.5. The van der Waals surface area contributed by atoms with Crippen LogP contribution in [0.15, 0.2) is 138 Å². The molecule has 4 heterocycles. The zero-order valence-corrected chi connectivity index (χ0v) is 30.7. The van der Waals surface area contributed by atoms with Gasteiger partial charge in [-0.15, -0.1) is 59.7 Å². The number of aromatic nitrogens is 2. The molecule has 4 nitrogen and oxygen atoms in total. The summed E-state index contributed by atoms with van der Waals surface area (Å²) in [5.41, 5.74) is 15.2. The normalized spacial score (nSPS) is 11.6. The van der Waals surface area contributed by atoms with Crippen molar-refractivity contribution < 1.29 is 24.5 Å². The first-order valence-electron chi connectivity index (χ1n) is 16.6. The molecule has 5 aromatic carbocycles. The minimum Gasteiger partial charge on any atom is -0.456 e. The van der Waals surface area contributed by atoms with Crippen LogP contribution in [0, 0.1) is 19.1 Å². The SMILES string of the molecule is Cc1c2cc(C(C)(C)C)cc1-c1cc3oc4ccccc4c3cc1Nc1c[c-]c(-c3ccccn3)cc1-2.[Ir].[c-]1ccccc1-c1ccccn1. The number of rotatable bonds is 2. The molecule has 1 aliphatic rings. The molecule has 50 heavy (non-hydrogen) atoms. The summed E-state index contributed by atoms with van der Waals surface area (Å²) >= 11 is 0. The average Bonchev–Trinajstić information content (AvgIpc) is 3.50. The molecule has 2 bridgehead atoms. The van der Waals surface area contributed by atoms with Gasteiger partial charge in [-0.1, -0.05) is 80.9 Å². The van der Waals surface area contributed by atoms with Crippen molar-refractivity contribution in [2.45, 2.75) is 33.1 Å². The van der Waals surface area contributed by atoms with Gasteiger partial charge in [-0.3, -0.25) is 0 Å². The number of pyridine rings is 2. The van der Waals surface area contributed by atoms with Crippen LogP contribution < -0.4 is 5.32 Å². The number of nitrogens with one attached hydrogen (secondary N) is 1. The Hall–Kier alpha value is -5.35. The maximum Gasteiger partial charge on any atom is 0.136 e. The van der Waals surface area contributed by atoms with Crippen LogP contribution in [0.25, 0.3) is 66.7 Å². The van der Waals surface area contributed by atoms with Crippen LogP contribution in [-0.2, 0) is 25.5 Å². The van der Waals surface area contributed by atoms with E-state index in [1.807, 2.05) is 79.0 Å². The van der Waals surface area contributed by atoms with Crippen molar-refractivity contribution in [1.29, 1.82) is 0 Å². The van der Waals surface area contributed by atoms with Gasteiger partial charge in [0, 0.05) is 54.5 Å². The zero-order valence-electron chi connectivity index (χ0n) is 28.3. The summed E-state index contributed by atoms with van der Waals surface area (Å²) in [5, 5.41) is 6.01. The largest absolute Gasteiger partial charge is 0.456 e. The molecule has 9 rings (SSSR count). The van der Waals surface area contributed by atoms with Crippen LogP contribution >= 0.6 is 0 Å². The Morgan fingerprint density at radius 2 is 1.26 bits per heavy atom. The monoisotopic (exact) mass is 826 g/mol. The molecule has 0 saturated carbocycles. The summed E-state index contributed by atoms with van der Waals surface area (Å²) < 4.78 is 6.29. The molecule has 0 aliphatic carbocycles. The van der Waals surface area contributed by atoms with E-state index in [0.717, 1.165) is 67.0 Å². The van der Waals surface area contributed by atoms with E-state index < -0.39 is 0 Å². The van der Waals surface area contributed by atoms with E-state index in [-0.39, 0.29) is 25.5 Å². The van der Waals surface area contributed by atoms with E-state index in [1.165, 1.54) is 22.3 Å². The molecule has 247 valence electrons. The predicted molar refractivity (Wildman–Crippen MR) is 202 cm³/mol.